The van der Waals surface area contributed by atoms with E-state index < -0.39 is 41.6 Å². The first-order valence-corrected chi connectivity index (χ1v) is 12.8. The standard InChI is InChI=1S/C28H34F3NO6/c1-18-7-9-19(10-8-18)16-37-24-14-27(13-23(33)25(24)34,26(35)32-15-22-6-3-11-36-22)38-17-20-4-2-5-21(12-20)28(29,30)31/h2,4-5,7-10,12,22-25,33-34H,3,6,11,13-17H2,1H3,(H,32,35)/t22-,23+,24+,25+,27-/m0/s1. The lowest BCUT2D eigenvalue weighted by Crippen LogP contribution is -2.61. The zero-order chi connectivity index (χ0) is 27.3. The summed E-state index contributed by atoms with van der Waals surface area (Å²) in [5.74, 6) is -0.533. The number of carbonyl (C=O) groups is 1. The molecule has 1 aliphatic carbocycles. The van der Waals surface area contributed by atoms with Gasteiger partial charge in [0, 0.05) is 26.0 Å². The van der Waals surface area contributed by atoms with E-state index in [1.54, 1.807) is 0 Å². The van der Waals surface area contributed by atoms with E-state index in [9.17, 15) is 28.2 Å². The number of halogens is 3. The summed E-state index contributed by atoms with van der Waals surface area (Å²) < 4.78 is 57.2. The number of benzene rings is 2. The first-order valence-electron chi connectivity index (χ1n) is 12.8. The molecule has 0 spiro atoms. The van der Waals surface area contributed by atoms with Crippen LogP contribution >= 0.6 is 0 Å². The molecule has 1 amide bonds. The largest absolute Gasteiger partial charge is 0.416 e. The van der Waals surface area contributed by atoms with Gasteiger partial charge >= 0.3 is 6.18 Å². The van der Waals surface area contributed by atoms with Gasteiger partial charge in [-0.25, -0.2) is 0 Å². The van der Waals surface area contributed by atoms with Gasteiger partial charge in [-0.15, -0.1) is 0 Å². The highest BCUT2D eigenvalue weighted by molar-refractivity contribution is 5.85. The molecular weight excluding hydrogens is 503 g/mol. The lowest BCUT2D eigenvalue weighted by Gasteiger charge is -2.44. The molecule has 38 heavy (non-hydrogen) atoms. The van der Waals surface area contributed by atoms with E-state index in [2.05, 4.69) is 5.32 Å². The molecule has 1 aliphatic heterocycles. The third-order valence-corrected chi connectivity index (χ3v) is 7.13. The Hall–Kier alpha value is -2.50. The summed E-state index contributed by atoms with van der Waals surface area (Å²) in [6.07, 6.45) is -6.88. The molecule has 0 unspecified atom stereocenters. The van der Waals surface area contributed by atoms with E-state index >= 15 is 0 Å². The molecule has 1 saturated heterocycles. The Labute approximate surface area is 219 Å². The third-order valence-electron chi connectivity index (χ3n) is 7.13. The highest BCUT2D eigenvalue weighted by Gasteiger charge is 2.51. The monoisotopic (exact) mass is 537 g/mol. The molecule has 1 heterocycles. The first-order chi connectivity index (χ1) is 18.1. The Morgan fingerprint density at radius 1 is 1.11 bits per heavy atom. The summed E-state index contributed by atoms with van der Waals surface area (Å²) in [5, 5.41) is 24.2. The molecule has 2 fully saturated rings. The summed E-state index contributed by atoms with van der Waals surface area (Å²) in [6.45, 7) is 2.64. The van der Waals surface area contributed by atoms with Crippen molar-refractivity contribution < 1.29 is 42.4 Å². The van der Waals surface area contributed by atoms with Crippen LogP contribution in [0.15, 0.2) is 48.5 Å². The van der Waals surface area contributed by atoms with Gasteiger partial charge in [-0.3, -0.25) is 4.79 Å². The number of rotatable bonds is 9. The normalized spacial score (nSPS) is 27.8. The minimum absolute atomic E-state index is 0.0899. The second kappa shape index (κ2) is 12.1. The summed E-state index contributed by atoms with van der Waals surface area (Å²) >= 11 is 0. The molecular formula is C28H34F3NO6. The molecule has 1 saturated carbocycles. The van der Waals surface area contributed by atoms with Crippen LogP contribution in [0.5, 0.6) is 0 Å². The minimum Gasteiger partial charge on any atom is -0.390 e. The number of amides is 1. The topological polar surface area (TPSA) is 97.3 Å². The molecule has 2 aromatic rings. The first kappa shape index (κ1) is 28.5. The number of hydrogen-bond donors (Lipinski definition) is 3. The molecule has 3 N–H and O–H groups in total. The van der Waals surface area contributed by atoms with Gasteiger partial charge in [0.1, 0.15) is 6.10 Å². The van der Waals surface area contributed by atoms with Crippen LogP contribution in [0.4, 0.5) is 13.2 Å². The lowest BCUT2D eigenvalue weighted by molar-refractivity contribution is -0.200. The molecule has 7 nitrogen and oxygen atoms in total. The van der Waals surface area contributed by atoms with Crippen molar-refractivity contribution in [3.8, 4) is 0 Å². The number of aryl methyl sites for hydroxylation is 1. The van der Waals surface area contributed by atoms with Crippen LogP contribution in [-0.4, -0.2) is 59.3 Å². The van der Waals surface area contributed by atoms with E-state index in [-0.39, 0.29) is 44.3 Å². The van der Waals surface area contributed by atoms with Gasteiger partial charge in [-0.1, -0.05) is 42.0 Å². The van der Waals surface area contributed by atoms with Crippen LogP contribution in [0.1, 0.15) is 47.9 Å². The summed E-state index contributed by atoms with van der Waals surface area (Å²) in [6, 6.07) is 12.3. The maximum atomic E-state index is 13.5. The number of carbonyl (C=O) groups excluding carboxylic acids is 1. The summed E-state index contributed by atoms with van der Waals surface area (Å²) in [4.78, 5) is 13.5. The van der Waals surface area contributed by atoms with Crippen molar-refractivity contribution in [2.24, 2.45) is 0 Å². The Morgan fingerprint density at radius 3 is 2.55 bits per heavy atom. The number of alkyl halides is 3. The molecule has 5 atom stereocenters. The zero-order valence-electron chi connectivity index (χ0n) is 21.2. The average Bonchev–Trinajstić information content (AvgIpc) is 3.41. The molecule has 10 heteroatoms. The van der Waals surface area contributed by atoms with Gasteiger partial charge in [0.15, 0.2) is 5.60 Å². The van der Waals surface area contributed by atoms with Gasteiger partial charge in [-0.2, -0.15) is 13.2 Å². The Balaban J connectivity index is 1.53. The fourth-order valence-corrected chi connectivity index (χ4v) is 4.88. The molecule has 0 radical (unpaired) electrons. The Kier molecular flexibility index (Phi) is 9.10. The van der Waals surface area contributed by atoms with Crippen LogP contribution < -0.4 is 5.32 Å². The zero-order valence-corrected chi connectivity index (χ0v) is 21.2. The fourth-order valence-electron chi connectivity index (χ4n) is 4.88. The van der Waals surface area contributed by atoms with Crippen LogP contribution in [-0.2, 0) is 38.4 Å². The Bertz CT molecular complexity index is 1070. The van der Waals surface area contributed by atoms with E-state index in [0.29, 0.717) is 6.61 Å². The van der Waals surface area contributed by atoms with Crippen molar-refractivity contribution in [3.05, 3.63) is 70.8 Å². The van der Waals surface area contributed by atoms with Gasteiger partial charge in [-0.05, 0) is 43.0 Å². The number of nitrogens with one attached hydrogen (secondary N) is 1. The van der Waals surface area contributed by atoms with Gasteiger partial charge in [0.05, 0.1) is 37.1 Å². The van der Waals surface area contributed by atoms with Crippen molar-refractivity contribution in [1.29, 1.82) is 0 Å². The van der Waals surface area contributed by atoms with Crippen molar-refractivity contribution in [2.45, 2.75) is 82.0 Å². The van der Waals surface area contributed by atoms with Crippen molar-refractivity contribution in [2.75, 3.05) is 13.2 Å². The van der Waals surface area contributed by atoms with Crippen LogP contribution in [0.25, 0.3) is 0 Å². The predicted octanol–water partition coefficient (Wildman–Crippen LogP) is 3.67. The summed E-state index contributed by atoms with van der Waals surface area (Å²) in [7, 11) is 0. The molecule has 208 valence electrons. The number of aliphatic hydroxyl groups excluding tert-OH is 2. The molecule has 2 aliphatic rings. The van der Waals surface area contributed by atoms with Crippen LogP contribution in [0, 0.1) is 6.92 Å². The maximum Gasteiger partial charge on any atom is 0.416 e. The highest BCUT2D eigenvalue weighted by Crippen LogP contribution is 2.36. The molecule has 0 bridgehead atoms. The average molecular weight is 538 g/mol. The summed E-state index contributed by atoms with van der Waals surface area (Å²) in [5.41, 5.74) is -0.311. The SMILES string of the molecule is Cc1ccc(CO[C@@H]2C[C@](OCc3cccc(C(F)(F)F)c3)(C(=O)NC[C@@H]3CCCO3)C[C@@H](O)[C@H]2O)cc1. The second-order valence-corrected chi connectivity index (χ2v) is 10.1. The van der Waals surface area contributed by atoms with Gasteiger partial charge in [0.2, 0.25) is 0 Å². The third kappa shape index (κ3) is 7.12. The van der Waals surface area contributed by atoms with Gasteiger partial charge < -0.3 is 29.7 Å². The molecule has 4 rings (SSSR count). The van der Waals surface area contributed by atoms with Crippen LogP contribution in [0.3, 0.4) is 0 Å². The highest BCUT2D eigenvalue weighted by atomic mass is 19.4. The fraction of sp³-hybridized carbons (Fsp3) is 0.536. The van der Waals surface area contributed by atoms with E-state index in [1.165, 1.54) is 12.1 Å². The number of hydrogen-bond acceptors (Lipinski definition) is 6. The molecule has 2 aromatic carbocycles. The number of ether oxygens (including phenoxy) is 3. The molecule has 0 aromatic heterocycles. The van der Waals surface area contributed by atoms with Crippen LogP contribution in [0.2, 0.25) is 0 Å². The lowest BCUT2D eigenvalue weighted by atomic mass is 9.78. The maximum absolute atomic E-state index is 13.5. The van der Waals surface area contributed by atoms with Crippen molar-refractivity contribution in [1.82, 2.24) is 5.32 Å². The predicted molar refractivity (Wildman–Crippen MR) is 132 cm³/mol. The quantitative estimate of drug-likeness (QED) is 0.452. The second-order valence-electron chi connectivity index (χ2n) is 10.1. The van der Waals surface area contributed by atoms with E-state index in [1.807, 2.05) is 31.2 Å². The van der Waals surface area contributed by atoms with E-state index in [0.717, 1.165) is 36.1 Å². The van der Waals surface area contributed by atoms with Gasteiger partial charge in [0.25, 0.3) is 5.91 Å². The number of aliphatic hydroxyl groups is 2. The Morgan fingerprint density at radius 2 is 1.87 bits per heavy atom. The van der Waals surface area contributed by atoms with Crippen molar-refractivity contribution in [3.63, 3.8) is 0 Å². The smallest absolute Gasteiger partial charge is 0.390 e. The van der Waals surface area contributed by atoms with Crippen molar-refractivity contribution >= 4 is 5.91 Å². The van der Waals surface area contributed by atoms with E-state index in [4.69, 9.17) is 14.2 Å². The minimum atomic E-state index is -4.52.